The standard InChI is InChI=1S/C24H28FN5O/c1-17(2)30-16-28-21-9-12-29(15-19-6-4-10-26-14-19)23(22(21)30)24(31)27-11-8-18-5-3-7-20(25)13-18/h3-7,10,13-14,16-17,23H,8-9,11-12,15H2,1-2H3,(H,27,31). The maximum Gasteiger partial charge on any atom is 0.243 e. The summed E-state index contributed by atoms with van der Waals surface area (Å²) in [6.07, 6.45) is 6.82. The zero-order valence-electron chi connectivity index (χ0n) is 18.0. The first kappa shape index (κ1) is 21.2. The Kier molecular flexibility index (Phi) is 6.42. The van der Waals surface area contributed by atoms with Gasteiger partial charge >= 0.3 is 0 Å². The molecule has 0 aliphatic carbocycles. The summed E-state index contributed by atoms with van der Waals surface area (Å²) in [6, 6.07) is 10.2. The fourth-order valence-electron chi connectivity index (χ4n) is 4.17. The molecule has 0 bridgehead atoms. The van der Waals surface area contributed by atoms with E-state index in [0.717, 1.165) is 35.5 Å². The predicted octanol–water partition coefficient (Wildman–Crippen LogP) is 3.46. The smallest absolute Gasteiger partial charge is 0.243 e. The fraction of sp³-hybridized carbons (Fsp3) is 0.375. The Morgan fingerprint density at radius 3 is 2.84 bits per heavy atom. The van der Waals surface area contributed by atoms with Crippen LogP contribution in [0, 0.1) is 5.82 Å². The minimum atomic E-state index is -0.429. The molecule has 3 aromatic rings. The Hall–Kier alpha value is -3.06. The summed E-state index contributed by atoms with van der Waals surface area (Å²) in [6.45, 7) is 6.03. The first-order valence-corrected chi connectivity index (χ1v) is 10.7. The van der Waals surface area contributed by atoms with Gasteiger partial charge in [-0.3, -0.25) is 14.7 Å². The van der Waals surface area contributed by atoms with Crippen LogP contribution in [0.3, 0.4) is 0 Å². The summed E-state index contributed by atoms with van der Waals surface area (Å²) in [5, 5.41) is 3.07. The predicted molar refractivity (Wildman–Crippen MR) is 117 cm³/mol. The van der Waals surface area contributed by atoms with Gasteiger partial charge in [0.25, 0.3) is 0 Å². The highest BCUT2D eigenvalue weighted by molar-refractivity contribution is 5.83. The molecule has 1 aliphatic rings. The van der Waals surface area contributed by atoms with Crippen molar-refractivity contribution in [1.82, 2.24) is 24.8 Å². The maximum absolute atomic E-state index is 13.4. The highest BCUT2D eigenvalue weighted by Gasteiger charge is 2.36. The molecule has 1 amide bonds. The van der Waals surface area contributed by atoms with E-state index in [-0.39, 0.29) is 17.8 Å². The van der Waals surface area contributed by atoms with E-state index in [1.165, 1.54) is 12.1 Å². The number of pyridine rings is 1. The molecule has 7 heteroatoms. The summed E-state index contributed by atoms with van der Waals surface area (Å²) >= 11 is 0. The van der Waals surface area contributed by atoms with Crippen LogP contribution in [0.1, 0.15) is 48.4 Å². The first-order chi connectivity index (χ1) is 15.0. The van der Waals surface area contributed by atoms with E-state index in [4.69, 9.17) is 0 Å². The third-order valence-corrected chi connectivity index (χ3v) is 5.69. The van der Waals surface area contributed by atoms with Gasteiger partial charge in [0.15, 0.2) is 0 Å². The Bertz CT molecular complexity index is 1030. The van der Waals surface area contributed by atoms with Gasteiger partial charge in [-0.15, -0.1) is 0 Å². The first-order valence-electron chi connectivity index (χ1n) is 10.7. The van der Waals surface area contributed by atoms with E-state index >= 15 is 0 Å². The lowest BCUT2D eigenvalue weighted by atomic mass is 10.00. The highest BCUT2D eigenvalue weighted by atomic mass is 19.1. The number of fused-ring (bicyclic) bond motifs is 1. The molecule has 1 atom stereocenters. The van der Waals surface area contributed by atoms with Crippen LogP contribution >= 0.6 is 0 Å². The summed E-state index contributed by atoms with van der Waals surface area (Å²) in [5.41, 5.74) is 3.89. The van der Waals surface area contributed by atoms with Crippen molar-refractivity contribution in [2.75, 3.05) is 13.1 Å². The quantitative estimate of drug-likeness (QED) is 0.635. The second-order valence-corrected chi connectivity index (χ2v) is 8.23. The lowest BCUT2D eigenvalue weighted by Gasteiger charge is -2.35. The van der Waals surface area contributed by atoms with Gasteiger partial charge in [-0.1, -0.05) is 18.2 Å². The third-order valence-electron chi connectivity index (χ3n) is 5.69. The molecule has 0 saturated carbocycles. The molecule has 6 nitrogen and oxygen atoms in total. The molecule has 2 aromatic heterocycles. The van der Waals surface area contributed by atoms with Crippen LogP contribution in [-0.4, -0.2) is 38.4 Å². The van der Waals surface area contributed by atoms with Crippen molar-refractivity contribution in [3.63, 3.8) is 0 Å². The number of halogens is 1. The molecule has 31 heavy (non-hydrogen) atoms. The average molecular weight is 422 g/mol. The second kappa shape index (κ2) is 9.39. The van der Waals surface area contributed by atoms with Crippen LogP contribution < -0.4 is 5.32 Å². The topological polar surface area (TPSA) is 63.1 Å². The normalized spacial score (nSPS) is 16.3. The number of nitrogens with one attached hydrogen (secondary N) is 1. The van der Waals surface area contributed by atoms with Crippen molar-refractivity contribution < 1.29 is 9.18 Å². The summed E-state index contributed by atoms with van der Waals surface area (Å²) in [5.74, 6) is -0.312. The van der Waals surface area contributed by atoms with Gasteiger partial charge in [0.1, 0.15) is 11.9 Å². The van der Waals surface area contributed by atoms with E-state index in [9.17, 15) is 9.18 Å². The molecule has 0 fully saturated rings. The van der Waals surface area contributed by atoms with E-state index in [1.807, 2.05) is 30.7 Å². The fourth-order valence-corrected chi connectivity index (χ4v) is 4.17. The van der Waals surface area contributed by atoms with E-state index in [0.29, 0.717) is 19.5 Å². The summed E-state index contributed by atoms with van der Waals surface area (Å²) in [4.78, 5) is 24.4. The minimum absolute atomic E-state index is 0.0522. The monoisotopic (exact) mass is 421 g/mol. The lowest BCUT2D eigenvalue weighted by molar-refractivity contribution is -0.127. The largest absolute Gasteiger partial charge is 0.354 e. The number of nitrogens with zero attached hydrogens (tertiary/aromatic N) is 4. The second-order valence-electron chi connectivity index (χ2n) is 8.23. The number of carbonyl (C=O) groups excluding carboxylic acids is 1. The molecule has 162 valence electrons. The van der Waals surface area contributed by atoms with Gasteiger partial charge in [0.05, 0.1) is 17.7 Å². The van der Waals surface area contributed by atoms with E-state index in [2.05, 4.69) is 38.6 Å². The molecule has 1 aliphatic heterocycles. The Balaban J connectivity index is 1.55. The molecule has 3 heterocycles. The van der Waals surface area contributed by atoms with Crippen LogP contribution in [0.4, 0.5) is 4.39 Å². The van der Waals surface area contributed by atoms with Crippen molar-refractivity contribution in [3.05, 3.63) is 83.5 Å². The molecule has 1 unspecified atom stereocenters. The van der Waals surface area contributed by atoms with Crippen LogP contribution in [0.2, 0.25) is 0 Å². The van der Waals surface area contributed by atoms with Crippen molar-refractivity contribution >= 4 is 5.91 Å². The van der Waals surface area contributed by atoms with Crippen LogP contribution in [0.5, 0.6) is 0 Å². The molecule has 0 spiro atoms. The number of amides is 1. The van der Waals surface area contributed by atoms with E-state index in [1.54, 1.807) is 12.3 Å². The molecule has 1 N–H and O–H groups in total. The Morgan fingerprint density at radius 2 is 2.10 bits per heavy atom. The highest BCUT2D eigenvalue weighted by Crippen LogP contribution is 2.32. The Morgan fingerprint density at radius 1 is 1.26 bits per heavy atom. The molecular formula is C24H28FN5O. The summed E-state index contributed by atoms with van der Waals surface area (Å²) < 4.78 is 15.5. The van der Waals surface area contributed by atoms with Crippen LogP contribution in [0.15, 0.2) is 55.1 Å². The minimum Gasteiger partial charge on any atom is -0.354 e. The maximum atomic E-state index is 13.4. The Labute approximate surface area is 182 Å². The van der Waals surface area contributed by atoms with Gasteiger partial charge in [0, 0.05) is 44.5 Å². The van der Waals surface area contributed by atoms with Crippen molar-refractivity contribution in [3.8, 4) is 0 Å². The third kappa shape index (κ3) is 4.82. The van der Waals surface area contributed by atoms with Crippen LogP contribution in [0.25, 0.3) is 0 Å². The number of rotatable bonds is 7. The van der Waals surface area contributed by atoms with Crippen molar-refractivity contribution in [1.29, 1.82) is 0 Å². The summed E-state index contributed by atoms with van der Waals surface area (Å²) in [7, 11) is 0. The van der Waals surface area contributed by atoms with Gasteiger partial charge in [-0.25, -0.2) is 9.37 Å². The van der Waals surface area contributed by atoms with Crippen LogP contribution in [-0.2, 0) is 24.2 Å². The molecule has 0 radical (unpaired) electrons. The molecule has 1 aromatic carbocycles. The van der Waals surface area contributed by atoms with Crippen molar-refractivity contribution in [2.24, 2.45) is 0 Å². The average Bonchev–Trinajstić information content (AvgIpc) is 3.19. The number of aromatic nitrogens is 3. The number of hydrogen-bond acceptors (Lipinski definition) is 4. The number of carbonyl (C=O) groups is 1. The van der Waals surface area contributed by atoms with Crippen molar-refractivity contribution in [2.45, 2.75) is 45.3 Å². The lowest BCUT2D eigenvalue weighted by Crippen LogP contribution is -2.45. The zero-order valence-corrected chi connectivity index (χ0v) is 18.0. The number of imidazole rings is 1. The van der Waals surface area contributed by atoms with Gasteiger partial charge < -0.3 is 9.88 Å². The van der Waals surface area contributed by atoms with Gasteiger partial charge in [-0.05, 0) is 49.6 Å². The number of hydrogen-bond donors (Lipinski definition) is 1. The van der Waals surface area contributed by atoms with E-state index < -0.39 is 6.04 Å². The number of benzene rings is 1. The van der Waals surface area contributed by atoms with Gasteiger partial charge in [0.2, 0.25) is 5.91 Å². The SMILES string of the molecule is CC(C)n1cnc2c1C(C(=O)NCCc1cccc(F)c1)N(Cc1cccnc1)CC2. The molecular weight excluding hydrogens is 393 g/mol. The molecule has 4 rings (SSSR count). The molecule has 0 saturated heterocycles. The van der Waals surface area contributed by atoms with Gasteiger partial charge in [-0.2, -0.15) is 0 Å². The zero-order chi connectivity index (χ0) is 21.8.